The van der Waals surface area contributed by atoms with Crippen molar-refractivity contribution in [2.24, 2.45) is 4.99 Å². The van der Waals surface area contributed by atoms with Gasteiger partial charge in [-0.25, -0.2) is 9.97 Å². The highest BCUT2D eigenvalue weighted by atomic mass is 35.5. The van der Waals surface area contributed by atoms with E-state index in [0.29, 0.717) is 10.0 Å². The summed E-state index contributed by atoms with van der Waals surface area (Å²) in [6, 6.07) is 7.31. The first kappa shape index (κ1) is 12.4. The summed E-state index contributed by atoms with van der Waals surface area (Å²) in [7, 11) is 0. The van der Waals surface area contributed by atoms with Gasteiger partial charge in [-0.1, -0.05) is 29.3 Å². The molecule has 3 rings (SSSR count). The van der Waals surface area contributed by atoms with Crippen molar-refractivity contribution in [3.05, 3.63) is 46.3 Å². The van der Waals surface area contributed by atoms with Gasteiger partial charge in [-0.3, -0.25) is 4.99 Å². The first-order chi connectivity index (χ1) is 9.24. The maximum atomic E-state index is 6.02. The molecular formula is C13H10Cl2N4. The predicted molar refractivity (Wildman–Crippen MR) is 76.9 cm³/mol. The van der Waals surface area contributed by atoms with Crippen molar-refractivity contribution < 1.29 is 0 Å². The van der Waals surface area contributed by atoms with Crippen molar-refractivity contribution in [3.63, 3.8) is 0 Å². The van der Waals surface area contributed by atoms with Crippen molar-refractivity contribution in [1.82, 2.24) is 15.3 Å². The second-order valence-electron chi connectivity index (χ2n) is 4.07. The molecule has 1 N–H and O–H groups in total. The average molecular weight is 293 g/mol. The second-order valence-corrected chi connectivity index (χ2v) is 4.89. The van der Waals surface area contributed by atoms with E-state index in [0.717, 1.165) is 35.9 Å². The Morgan fingerprint density at radius 3 is 2.58 bits per heavy atom. The first-order valence-electron chi connectivity index (χ1n) is 5.80. The number of nitrogens with zero attached hydrogens (tertiary/aromatic N) is 3. The molecule has 0 bridgehead atoms. The highest BCUT2D eigenvalue weighted by Crippen LogP contribution is 2.27. The van der Waals surface area contributed by atoms with Crippen LogP contribution in [0.4, 0.5) is 0 Å². The van der Waals surface area contributed by atoms with Crippen LogP contribution < -0.4 is 5.32 Å². The van der Waals surface area contributed by atoms with Crippen LogP contribution in [-0.4, -0.2) is 28.9 Å². The molecule has 0 unspecified atom stereocenters. The van der Waals surface area contributed by atoms with Gasteiger partial charge in [0.1, 0.15) is 17.9 Å². The number of aliphatic imine (C=N–C) groups is 1. The Hall–Kier alpha value is -1.65. The van der Waals surface area contributed by atoms with E-state index in [2.05, 4.69) is 20.3 Å². The van der Waals surface area contributed by atoms with Gasteiger partial charge in [-0.2, -0.15) is 0 Å². The lowest BCUT2D eigenvalue weighted by Gasteiger charge is -2.05. The van der Waals surface area contributed by atoms with E-state index in [-0.39, 0.29) is 0 Å². The third-order valence-electron chi connectivity index (χ3n) is 2.80. The van der Waals surface area contributed by atoms with Crippen LogP contribution in [0.25, 0.3) is 11.3 Å². The van der Waals surface area contributed by atoms with E-state index in [4.69, 9.17) is 23.2 Å². The Bertz CT molecular complexity index is 655. The fraction of sp³-hybridized carbons (Fsp3) is 0.154. The number of rotatable bonds is 2. The van der Waals surface area contributed by atoms with Gasteiger partial charge in [0.25, 0.3) is 0 Å². The van der Waals surface area contributed by atoms with Crippen LogP contribution in [0.1, 0.15) is 5.69 Å². The van der Waals surface area contributed by atoms with Crippen LogP contribution in [0.5, 0.6) is 0 Å². The maximum Gasteiger partial charge on any atom is 0.147 e. The van der Waals surface area contributed by atoms with Crippen LogP contribution in [0.2, 0.25) is 10.0 Å². The largest absolute Gasteiger partial charge is 0.367 e. The number of amidine groups is 1. The van der Waals surface area contributed by atoms with Crippen molar-refractivity contribution in [3.8, 4) is 11.3 Å². The van der Waals surface area contributed by atoms with Gasteiger partial charge >= 0.3 is 0 Å². The first-order valence-corrected chi connectivity index (χ1v) is 6.56. The Labute approximate surface area is 120 Å². The topological polar surface area (TPSA) is 50.2 Å². The Morgan fingerprint density at radius 2 is 1.84 bits per heavy atom. The fourth-order valence-electron chi connectivity index (χ4n) is 1.87. The fourth-order valence-corrected chi connectivity index (χ4v) is 2.17. The van der Waals surface area contributed by atoms with Crippen LogP contribution in [0.3, 0.4) is 0 Å². The van der Waals surface area contributed by atoms with Gasteiger partial charge in [0.2, 0.25) is 0 Å². The highest BCUT2D eigenvalue weighted by molar-refractivity contribution is 6.42. The van der Waals surface area contributed by atoms with Gasteiger partial charge in [0, 0.05) is 12.1 Å². The number of benzene rings is 1. The van der Waals surface area contributed by atoms with Gasteiger partial charge in [0.15, 0.2) is 0 Å². The summed E-state index contributed by atoms with van der Waals surface area (Å²) in [5.41, 5.74) is 2.48. The smallest absolute Gasteiger partial charge is 0.147 e. The summed E-state index contributed by atoms with van der Waals surface area (Å²) in [6.45, 7) is 1.63. The quantitative estimate of drug-likeness (QED) is 0.926. The highest BCUT2D eigenvalue weighted by Gasteiger charge is 2.11. The van der Waals surface area contributed by atoms with Crippen LogP contribution in [-0.2, 0) is 0 Å². The van der Waals surface area contributed by atoms with E-state index in [1.54, 1.807) is 12.1 Å². The molecule has 2 heterocycles. The predicted octanol–water partition coefficient (Wildman–Crippen LogP) is 2.80. The zero-order valence-corrected chi connectivity index (χ0v) is 11.4. The lowest BCUT2D eigenvalue weighted by Crippen LogP contribution is -2.20. The molecule has 0 radical (unpaired) electrons. The molecule has 1 aromatic heterocycles. The van der Waals surface area contributed by atoms with E-state index >= 15 is 0 Å². The maximum absolute atomic E-state index is 6.02. The minimum Gasteiger partial charge on any atom is -0.367 e. The lowest BCUT2D eigenvalue weighted by molar-refractivity contribution is 0.957. The molecule has 0 saturated carbocycles. The normalized spacial score (nSPS) is 14.1. The number of halogens is 2. The molecule has 6 heteroatoms. The zero-order chi connectivity index (χ0) is 13.2. The molecule has 0 fully saturated rings. The second kappa shape index (κ2) is 5.15. The molecule has 0 spiro atoms. The molecule has 2 aromatic rings. The molecule has 4 nitrogen and oxygen atoms in total. The van der Waals surface area contributed by atoms with Crippen molar-refractivity contribution in [1.29, 1.82) is 0 Å². The summed E-state index contributed by atoms with van der Waals surface area (Å²) in [6.07, 6.45) is 1.52. The number of hydrogen-bond acceptors (Lipinski definition) is 4. The third kappa shape index (κ3) is 2.55. The number of hydrogen-bond donors (Lipinski definition) is 1. The molecule has 0 amide bonds. The average Bonchev–Trinajstić information content (AvgIpc) is 2.96. The van der Waals surface area contributed by atoms with Gasteiger partial charge in [0.05, 0.1) is 22.3 Å². The molecule has 0 atom stereocenters. The van der Waals surface area contributed by atoms with Gasteiger partial charge < -0.3 is 5.32 Å². The Balaban J connectivity index is 2.00. The molecule has 0 saturated heterocycles. The van der Waals surface area contributed by atoms with Crippen LogP contribution in [0.15, 0.2) is 35.6 Å². The molecular weight excluding hydrogens is 283 g/mol. The van der Waals surface area contributed by atoms with Gasteiger partial charge in [-0.05, 0) is 18.2 Å². The summed E-state index contributed by atoms with van der Waals surface area (Å²) >= 11 is 11.9. The molecule has 1 aliphatic rings. The van der Waals surface area contributed by atoms with E-state index in [1.807, 2.05) is 12.1 Å². The number of nitrogens with one attached hydrogen (secondary N) is 1. The zero-order valence-electron chi connectivity index (χ0n) is 9.90. The summed E-state index contributed by atoms with van der Waals surface area (Å²) in [5, 5.41) is 4.22. The molecule has 1 aliphatic heterocycles. The number of aromatic nitrogens is 2. The Kier molecular flexibility index (Phi) is 3.36. The summed E-state index contributed by atoms with van der Waals surface area (Å²) in [4.78, 5) is 12.8. The van der Waals surface area contributed by atoms with Crippen molar-refractivity contribution in [2.45, 2.75) is 0 Å². The summed E-state index contributed by atoms with van der Waals surface area (Å²) in [5.74, 6) is 0.809. The minimum absolute atomic E-state index is 0.510. The Morgan fingerprint density at radius 1 is 1.00 bits per heavy atom. The molecule has 96 valence electrons. The van der Waals surface area contributed by atoms with Crippen molar-refractivity contribution in [2.75, 3.05) is 13.1 Å². The van der Waals surface area contributed by atoms with E-state index in [9.17, 15) is 0 Å². The standard InChI is InChI=1S/C13H10Cl2N4/c14-9-2-1-8(5-10(9)15)11-6-12(19-7-18-11)13-16-3-4-17-13/h1-2,5-7H,3-4H2,(H,16,17). The van der Waals surface area contributed by atoms with Gasteiger partial charge in [-0.15, -0.1) is 0 Å². The van der Waals surface area contributed by atoms with Crippen LogP contribution in [0, 0.1) is 0 Å². The summed E-state index contributed by atoms with van der Waals surface area (Å²) < 4.78 is 0. The molecule has 0 aliphatic carbocycles. The van der Waals surface area contributed by atoms with Crippen LogP contribution >= 0.6 is 23.2 Å². The lowest BCUT2D eigenvalue weighted by atomic mass is 10.1. The monoisotopic (exact) mass is 292 g/mol. The van der Waals surface area contributed by atoms with Crippen molar-refractivity contribution >= 4 is 29.0 Å². The molecule has 1 aromatic carbocycles. The van der Waals surface area contributed by atoms with E-state index < -0.39 is 0 Å². The molecule has 19 heavy (non-hydrogen) atoms. The minimum atomic E-state index is 0.510. The third-order valence-corrected chi connectivity index (χ3v) is 3.54. The SMILES string of the molecule is Clc1ccc(-c2cc(C3=NCCN3)ncn2)cc1Cl. The van der Waals surface area contributed by atoms with E-state index in [1.165, 1.54) is 6.33 Å².